The first-order valence-corrected chi connectivity index (χ1v) is 30.1. The number of nitrogens with zero attached hydrogens (tertiary/aromatic N) is 4. The van der Waals surface area contributed by atoms with Crippen LogP contribution >= 0.6 is 0 Å². The minimum Gasteiger partial charge on any atom is -0.445 e. The Morgan fingerprint density at radius 2 is 1.46 bits per heavy atom. The molecule has 12 atom stereocenters. The van der Waals surface area contributed by atoms with Crippen LogP contribution in [-0.4, -0.2) is 180 Å². The third kappa shape index (κ3) is 18.4. The maximum Gasteiger partial charge on any atom is 0.411 e. The van der Waals surface area contributed by atoms with Gasteiger partial charge in [0.2, 0.25) is 41.4 Å². The number of likely N-dealkylation sites (N-methyl/N-ethyl adjacent to an activating group) is 1. The van der Waals surface area contributed by atoms with Crippen LogP contribution in [0.4, 0.5) is 15.3 Å². The van der Waals surface area contributed by atoms with Gasteiger partial charge in [0, 0.05) is 71.2 Å². The number of methoxy groups -OCH3 is 2. The smallest absolute Gasteiger partial charge is 0.411 e. The fourth-order valence-electron chi connectivity index (χ4n) is 12.2. The molecule has 0 spiro atoms. The van der Waals surface area contributed by atoms with Gasteiger partial charge in [0.15, 0.2) is 0 Å². The molecule has 1 saturated carbocycles. The summed E-state index contributed by atoms with van der Waals surface area (Å²) in [7, 11) is 4.67. The Kier molecular flexibility index (Phi) is 26.1. The summed E-state index contributed by atoms with van der Waals surface area (Å²) in [5.41, 5.74) is 11.8. The standard InChI is InChI=1S/C60H93N11O14/c1-11-36(6)51(44(83-9)32-48(75)69-30-16-18-43(69)53(84-10)37(7)54(61)76)68(8)58(80)50(35(4)5)67-57(79)52-39-22-25-41(31-39)71(52)60(82)85-33-38-20-23-40(24-21-38)64-55(77)42(17-15-28-63-59(62)81)65-56(78)49(34(2)3)66-45(72)19-13-12-14-29-70-46(73)26-27-47(70)74/h20-21,23-24,26-27,34-37,39,41-44,49-53H,11-19,22,25,28-33H2,1-10H3,(H2,61,76)(H,64,77)(H,65,78)(H,66,72)(H,67,79)(H3,62,63,81). The van der Waals surface area contributed by atoms with Crippen LogP contribution in [0.5, 0.6) is 0 Å². The van der Waals surface area contributed by atoms with E-state index in [0.29, 0.717) is 69.2 Å². The maximum absolute atomic E-state index is 14.7. The average Bonchev–Trinajstić information content (AvgIpc) is 2.02. The number of hydrogen-bond donors (Lipinski definition) is 7. The molecule has 25 nitrogen and oxygen atoms in total. The van der Waals surface area contributed by atoms with Crippen molar-refractivity contribution in [3.05, 3.63) is 42.0 Å². The summed E-state index contributed by atoms with van der Waals surface area (Å²) in [4.78, 5) is 151. The molecule has 2 saturated heterocycles. The first-order valence-electron chi connectivity index (χ1n) is 30.1. The fraction of sp³-hybridized carbons (Fsp3) is 0.683. The minimum atomic E-state index is -1.10. The molecule has 1 aromatic rings. The molecule has 472 valence electrons. The van der Waals surface area contributed by atoms with Gasteiger partial charge in [-0.05, 0) is 99.2 Å². The van der Waals surface area contributed by atoms with Crippen LogP contribution in [0.1, 0.15) is 138 Å². The quantitative estimate of drug-likeness (QED) is 0.0393. The number of hydrogen-bond acceptors (Lipinski definition) is 14. The normalized spacial score (nSPS) is 21.0. The molecule has 85 heavy (non-hydrogen) atoms. The van der Waals surface area contributed by atoms with Crippen LogP contribution in [0, 0.1) is 29.6 Å². The van der Waals surface area contributed by atoms with E-state index < -0.39 is 84.1 Å². The molecule has 3 fully saturated rings. The van der Waals surface area contributed by atoms with E-state index >= 15 is 0 Å². The zero-order valence-corrected chi connectivity index (χ0v) is 51.2. The summed E-state index contributed by atoms with van der Waals surface area (Å²) < 4.78 is 17.6. The van der Waals surface area contributed by atoms with E-state index in [1.807, 2.05) is 27.7 Å². The molecule has 5 rings (SSSR count). The summed E-state index contributed by atoms with van der Waals surface area (Å²) in [5.74, 6) is -5.51. The first-order chi connectivity index (χ1) is 40.3. The largest absolute Gasteiger partial charge is 0.445 e. The highest BCUT2D eigenvalue weighted by atomic mass is 16.6. The van der Waals surface area contributed by atoms with Crippen LogP contribution in [0.3, 0.4) is 0 Å². The number of ether oxygens (including phenoxy) is 3. The van der Waals surface area contributed by atoms with Gasteiger partial charge in [0.25, 0.3) is 11.8 Å². The summed E-state index contributed by atoms with van der Waals surface area (Å²) in [5, 5.41) is 13.8. The van der Waals surface area contributed by atoms with Crippen molar-refractivity contribution in [3.63, 3.8) is 0 Å². The average molecular weight is 1190 g/mol. The predicted molar refractivity (Wildman–Crippen MR) is 314 cm³/mol. The molecular formula is C60H93N11O14. The Hall–Kier alpha value is -7.15. The first kappa shape index (κ1) is 68.6. The van der Waals surface area contributed by atoms with Crippen LogP contribution < -0.4 is 38.1 Å². The number of urea groups is 1. The second-order valence-corrected chi connectivity index (χ2v) is 23.8. The Balaban J connectivity index is 1.18. The third-order valence-corrected chi connectivity index (χ3v) is 17.2. The van der Waals surface area contributed by atoms with Crippen molar-refractivity contribution in [1.29, 1.82) is 0 Å². The van der Waals surface area contributed by atoms with E-state index in [9.17, 15) is 52.7 Å². The summed E-state index contributed by atoms with van der Waals surface area (Å²) >= 11 is 0. The number of amides is 12. The number of benzene rings is 1. The van der Waals surface area contributed by atoms with Crippen LogP contribution in [-0.2, 0) is 64.0 Å². The highest BCUT2D eigenvalue weighted by Gasteiger charge is 2.53. The number of carbonyl (C=O) groups excluding carboxylic acids is 11. The van der Waals surface area contributed by atoms with E-state index in [-0.39, 0.29) is 111 Å². The molecule has 4 aliphatic rings. The summed E-state index contributed by atoms with van der Waals surface area (Å²) in [6.07, 6.45) is 6.37. The highest BCUT2D eigenvalue weighted by Crippen LogP contribution is 2.43. The molecule has 0 radical (unpaired) electrons. The van der Waals surface area contributed by atoms with Gasteiger partial charge < -0.3 is 62.1 Å². The van der Waals surface area contributed by atoms with Crippen molar-refractivity contribution in [2.75, 3.05) is 46.2 Å². The van der Waals surface area contributed by atoms with Crippen LogP contribution in [0.2, 0.25) is 0 Å². The second kappa shape index (κ2) is 32.4. The highest BCUT2D eigenvalue weighted by molar-refractivity contribution is 6.12. The van der Waals surface area contributed by atoms with Gasteiger partial charge in [0.1, 0.15) is 30.8 Å². The molecule has 0 aromatic heterocycles. The van der Waals surface area contributed by atoms with Crippen LogP contribution in [0.25, 0.3) is 0 Å². The van der Waals surface area contributed by atoms with Gasteiger partial charge in [-0.1, -0.05) is 73.4 Å². The molecule has 1 aliphatic carbocycles. The van der Waals surface area contributed by atoms with Gasteiger partial charge in [-0.15, -0.1) is 0 Å². The number of primary amides is 2. The number of fused-ring (bicyclic) bond motifs is 2. The van der Waals surface area contributed by atoms with E-state index in [1.54, 1.807) is 61.9 Å². The number of nitrogens with one attached hydrogen (secondary N) is 5. The summed E-state index contributed by atoms with van der Waals surface area (Å²) in [6.45, 7) is 13.5. The van der Waals surface area contributed by atoms with Crippen molar-refractivity contribution in [2.45, 2.75) is 193 Å². The SMILES string of the molecule is CCC(C)C(C(CC(=O)N1CCCC1C(OC)C(C)C(N)=O)OC)N(C)C(=O)C(NC(=O)C1C2CCC(C2)N1C(=O)OCc1ccc(NC(=O)C(CCCNC(N)=O)NC(=O)C(NC(=O)CCCCCN2C(=O)C=CC2=O)C(C)C)cc1)C(C)C. The van der Waals surface area contributed by atoms with Gasteiger partial charge >= 0.3 is 12.1 Å². The van der Waals surface area contributed by atoms with Crippen molar-refractivity contribution in [3.8, 4) is 0 Å². The molecule has 2 bridgehead atoms. The van der Waals surface area contributed by atoms with E-state index in [4.69, 9.17) is 25.7 Å². The second-order valence-electron chi connectivity index (χ2n) is 23.8. The lowest BCUT2D eigenvalue weighted by Gasteiger charge is -2.41. The number of imide groups is 1. The number of unbranched alkanes of at least 4 members (excludes halogenated alkanes) is 2. The van der Waals surface area contributed by atoms with E-state index in [1.165, 1.54) is 31.3 Å². The summed E-state index contributed by atoms with van der Waals surface area (Å²) in [6, 6.07) is 0.593. The molecule has 12 amide bonds. The van der Waals surface area contributed by atoms with E-state index in [0.717, 1.165) is 11.3 Å². The molecular weight excluding hydrogens is 1100 g/mol. The van der Waals surface area contributed by atoms with Gasteiger partial charge in [-0.25, -0.2) is 9.59 Å². The van der Waals surface area contributed by atoms with Crippen molar-refractivity contribution >= 4 is 71.0 Å². The molecule has 9 N–H and O–H groups in total. The lowest BCUT2D eigenvalue weighted by Crippen LogP contribution is -2.60. The fourth-order valence-corrected chi connectivity index (χ4v) is 12.2. The minimum absolute atomic E-state index is 0.0468. The Morgan fingerprint density at radius 1 is 0.788 bits per heavy atom. The monoisotopic (exact) mass is 1190 g/mol. The Morgan fingerprint density at radius 3 is 2.06 bits per heavy atom. The number of likely N-dealkylation sites (tertiary alicyclic amines) is 2. The van der Waals surface area contributed by atoms with Gasteiger partial charge in [0.05, 0.1) is 36.6 Å². The number of anilines is 1. The Labute approximate surface area is 499 Å². The number of nitrogens with two attached hydrogens (primary N) is 2. The molecule has 25 heteroatoms. The molecule has 1 aromatic carbocycles. The van der Waals surface area contributed by atoms with Crippen molar-refractivity contribution in [1.82, 2.24) is 40.9 Å². The maximum atomic E-state index is 14.7. The lowest BCUT2D eigenvalue weighted by atomic mass is 9.89. The predicted octanol–water partition coefficient (Wildman–Crippen LogP) is 3.22. The topological polar surface area (TPSA) is 341 Å². The number of piperidine rings is 1. The molecule has 12 unspecified atom stereocenters. The Bertz CT molecular complexity index is 2550. The van der Waals surface area contributed by atoms with Gasteiger partial charge in [-0.3, -0.25) is 53.0 Å². The third-order valence-electron chi connectivity index (χ3n) is 17.2. The van der Waals surface area contributed by atoms with Crippen molar-refractivity contribution in [2.24, 2.45) is 41.1 Å². The zero-order chi connectivity index (χ0) is 62.8. The zero-order valence-electron chi connectivity index (χ0n) is 51.2. The van der Waals surface area contributed by atoms with E-state index in [2.05, 4.69) is 26.6 Å². The van der Waals surface area contributed by atoms with Gasteiger partial charge in [-0.2, -0.15) is 0 Å². The number of rotatable bonds is 33. The van der Waals surface area contributed by atoms with Crippen LogP contribution in [0.15, 0.2) is 36.4 Å². The number of carbonyl (C=O) groups is 11. The molecule has 3 heterocycles. The van der Waals surface area contributed by atoms with Crippen molar-refractivity contribution < 1.29 is 67.0 Å². The molecule has 3 aliphatic heterocycles. The lowest BCUT2D eigenvalue weighted by molar-refractivity contribution is -0.147.